The zero-order valence-corrected chi connectivity index (χ0v) is 45.4. The lowest BCUT2D eigenvalue weighted by atomic mass is 9.55. The minimum absolute atomic E-state index is 0.0479. The molecule has 0 aliphatic carbocycles. The first kappa shape index (κ1) is 62.5. The van der Waals surface area contributed by atoms with Gasteiger partial charge in [0.1, 0.15) is 0 Å². The summed E-state index contributed by atoms with van der Waals surface area (Å²) in [6, 6.07) is 0. The van der Waals surface area contributed by atoms with E-state index in [1.807, 2.05) is 0 Å². The average molecular weight is 961 g/mol. The van der Waals surface area contributed by atoms with E-state index in [2.05, 4.69) is 83.1 Å². The van der Waals surface area contributed by atoms with Crippen LogP contribution in [0.15, 0.2) is 0 Å². The van der Waals surface area contributed by atoms with Crippen molar-refractivity contribution in [3.05, 3.63) is 0 Å². The van der Waals surface area contributed by atoms with Crippen LogP contribution >= 0.6 is 0 Å². The molecule has 15 heteroatoms. The third kappa shape index (κ3) is 20.4. The molecular formula is C52H108N6O9. The Morgan fingerprint density at radius 1 is 0.299 bits per heavy atom. The summed E-state index contributed by atoms with van der Waals surface area (Å²) < 4.78 is 58.0. The Morgan fingerprint density at radius 2 is 0.552 bits per heavy atom. The zero-order valence-electron chi connectivity index (χ0n) is 45.4. The maximum Gasteiger partial charge on any atom is 0.0701 e. The van der Waals surface area contributed by atoms with Gasteiger partial charge in [-0.05, 0) is 60.2 Å². The lowest BCUT2D eigenvalue weighted by Crippen LogP contribution is -2.55. The van der Waals surface area contributed by atoms with E-state index in [-0.39, 0.29) is 21.7 Å². The minimum Gasteiger partial charge on any atom is -0.378 e. The number of rotatable bonds is 8. The van der Waals surface area contributed by atoms with Crippen LogP contribution in [0.4, 0.5) is 0 Å². The molecule has 0 radical (unpaired) electrons. The van der Waals surface area contributed by atoms with Gasteiger partial charge in [-0.25, -0.2) is 0 Å². The van der Waals surface area contributed by atoms with Crippen molar-refractivity contribution in [2.45, 2.75) is 122 Å². The van der Waals surface area contributed by atoms with Crippen molar-refractivity contribution in [2.24, 2.45) is 88.6 Å². The van der Waals surface area contributed by atoms with Crippen LogP contribution in [-0.4, -0.2) is 158 Å². The number of fused-ring (bicyclic) bond motifs is 10. The van der Waals surface area contributed by atoms with E-state index in [1.165, 1.54) is 0 Å². The quantitative estimate of drug-likeness (QED) is 0.168. The second-order valence-corrected chi connectivity index (χ2v) is 25.6. The van der Waals surface area contributed by atoms with E-state index in [9.17, 15) is 0 Å². The van der Waals surface area contributed by atoms with Gasteiger partial charge in [-0.2, -0.15) is 0 Å². The molecule has 0 spiro atoms. The molecule has 6 unspecified atom stereocenters. The number of ether oxygens (including phenoxy) is 9. The Kier molecular flexibility index (Phi) is 26.1. The number of hydrogen-bond donors (Lipinski definition) is 6. The van der Waals surface area contributed by atoms with Crippen LogP contribution in [0.5, 0.6) is 0 Å². The summed E-state index contributed by atoms with van der Waals surface area (Å²) in [4.78, 5) is 0. The summed E-state index contributed by atoms with van der Waals surface area (Å²) in [6.07, 6.45) is 4.33. The van der Waals surface area contributed by atoms with Crippen molar-refractivity contribution in [3.8, 4) is 0 Å². The summed E-state index contributed by atoms with van der Waals surface area (Å²) in [5, 5.41) is 0. The molecule has 2 aliphatic rings. The third-order valence-electron chi connectivity index (χ3n) is 15.1. The van der Waals surface area contributed by atoms with Crippen LogP contribution in [0, 0.1) is 54.1 Å². The van der Waals surface area contributed by atoms with Crippen molar-refractivity contribution in [1.29, 1.82) is 0 Å². The SMILES string of the molecule is CC(C)(C)CC1(CN)COCCOCCOCC(CN)(CC(C)(C)C)CC2(CN)COCCOCCOCC(CN)(C1)CC(CN)(C(C)(C)C)COCCOCCOCC(CN)(C(C)(C)C)C2. The first-order chi connectivity index (χ1) is 31.2. The average Bonchev–Trinajstić information content (AvgIpc) is 3.23. The summed E-state index contributed by atoms with van der Waals surface area (Å²) in [5.41, 5.74) is 38.0. The molecule has 2 fully saturated rings. The van der Waals surface area contributed by atoms with Gasteiger partial charge in [0.15, 0.2) is 0 Å². The van der Waals surface area contributed by atoms with E-state index in [4.69, 9.17) is 77.0 Å². The molecule has 2 aliphatic heterocycles. The zero-order chi connectivity index (χ0) is 50.6. The van der Waals surface area contributed by atoms with Gasteiger partial charge in [0, 0.05) is 71.8 Å². The fraction of sp³-hybridized carbons (Fsp3) is 1.00. The first-order valence-corrected chi connectivity index (χ1v) is 25.6. The Balaban J connectivity index is 2.78. The molecule has 6 atom stereocenters. The Morgan fingerprint density at radius 3 is 0.776 bits per heavy atom. The van der Waals surface area contributed by atoms with Gasteiger partial charge in [-0.15, -0.1) is 0 Å². The summed E-state index contributed by atoms with van der Waals surface area (Å²) in [7, 11) is 0. The monoisotopic (exact) mass is 961 g/mol. The summed E-state index contributed by atoms with van der Waals surface area (Å²) in [5.74, 6) is 0. The fourth-order valence-electron chi connectivity index (χ4n) is 11.4. The van der Waals surface area contributed by atoms with Crippen LogP contribution in [0.3, 0.4) is 0 Å². The highest BCUT2D eigenvalue weighted by Gasteiger charge is 2.52. The molecule has 2 saturated heterocycles. The topological polar surface area (TPSA) is 239 Å². The summed E-state index contributed by atoms with van der Waals surface area (Å²) >= 11 is 0. The molecule has 0 aromatic heterocycles. The molecule has 0 amide bonds. The molecule has 2 rings (SSSR count). The fourth-order valence-corrected chi connectivity index (χ4v) is 11.4. The van der Waals surface area contributed by atoms with Gasteiger partial charge in [0.25, 0.3) is 0 Å². The highest BCUT2D eigenvalue weighted by molar-refractivity contribution is 5.03. The molecule has 400 valence electrons. The summed E-state index contributed by atoms with van der Waals surface area (Å²) in [6.45, 7) is 36.7. The van der Waals surface area contributed by atoms with Gasteiger partial charge >= 0.3 is 0 Å². The molecule has 0 saturated carbocycles. The largest absolute Gasteiger partial charge is 0.378 e. The third-order valence-corrected chi connectivity index (χ3v) is 15.1. The molecule has 67 heavy (non-hydrogen) atoms. The lowest BCUT2D eigenvalue weighted by Gasteiger charge is -2.52. The molecule has 12 N–H and O–H groups in total. The van der Waals surface area contributed by atoms with E-state index in [0.29, 0.717) is 184 Å². The smallest absolute Gasteiger partial charge is 0.0701 e. The molecule has 15 nitrogen and oxygen atoms in total. The Hall–Kier alpha value is -0.600. The molecule has 0 aromatic carbocycles. The van der Waals surface area contributed by atoms with E-state index < -0.39 is 32.5 Å². The highest BCUT2D eigenvalue weighted by atomic mass is 16.6. The van der Waals surface area contributed by atoms with Crippen molar-refractivity contribution in [1.82, 2.24) is 0 Å². The first-order valence-electron chi connectivity index (χ1n) is 25.6. The van der Waals surface area contributed by atoms with E-state index in [0.717, 1.165) is 12.8 Å². The predicted molar refractivity (Wildman–Crippen MR) is 272 cm³/mol. The maximum absolute atomic E-state index is 6.99. The Labute approximate surface area is 409 Å². The van der Waals surface area contributed by atoms with Crippen molar-refractivity contribution in [2.75, 3.05) is 158 Å². The molecular weight excluding hydrogens is 853 g/mol. The second kappa shape index (κ2) is 28.0. The van der Waals surface area contributed by atoms with E-state index >= 15 is 0 Å². The van der Waals surface area contributed by atoms with Crippen LogP contribution in [0.2, 0.25) is 0 Å². The minimum atomic E-state index is -0.528. The van der Waals surface area contributed by atoms with Crippen LogP contribution in [0.25, 0.3) is 0 Å². The number of nitrogens with two attached hydrogens (primary N) is 6. The number of hydrogen-bond acceptors (Lipinski definition) is 15. The van der Waals surface area contributed by atoms with Gasteiger partial charge in [0.05, 0.1) is 119 Å². The van der Waals surface area contributed by atoms with Gasteiger partial charge in [0.2, 0.25) is 0 Å². The van der Waals surface area contributed by atoms with Gasteiger partial charge < -0.3 is 77.0 Å². The van der Waals surface area contributed by atoms with Crippen molar-refractivity contribution in [3.63, 3.8) is 0 Å². The molecule has 2 bridgehead atoms. The standard InChI is InChI=1S/C52H108N6O9/c1-43(2,3)25-47(31-53)27-49(33-55)29-51(35-57,45(7,8)9)41-66-23-17-61-18-24-67-42-52(36-58,46(10,11)12)30-50(34-56,40-65-22-16-60-15-21-64-39-49)28-48(32-54,26-44(4,5)6)38-63-20-14-59-13-19-62-37-47/h13-42,53-58H2,1-12H3. The van der Waals surface area contributed by atoms with Crippen molar-refractivity contribution >= 4 is 0 Å². The van der Waals surface area contributed by atoms with Crippen LogP contribution in [-0.2, 0) is 42.6 Å². The van der Waals surface area contributed by atoms with Crippen molar-refractivity contribution < 1.29 is 42.6 Å². The maximum atomic E-state index is 6.99. The molecule has 2 heterocycles. The van der Waals surface area contributed by atoms with E-state index in [1.54, 1.807) is 0 Å². The highest BCUT2D eigenvalue weighted by Crippen LogP contribution is 2.53. The van der Waals surface area contributed by atoms with Gasteiger partial charge in [-0.3, -0.25) is 0 Å². The van der Waals surface area contributed by atoms with Crippen LogP contribution < -0.4 is 34.4 Å². The second-order valence-electron chi connectivity index (χ2n) is 25.6. The predicted octanol–water partition coefficient (Wildman–Crippen LogP) is 5.36. The van der Waals surface area contributed by atoms with Crippen LogP contribution in [0.1, 0.15) is 122 Å². The van der Waals surface area contributed by atoms with Gasteiger partial charge in [-0.1, -0.05) is 83.1 Å². The lowest BCUT2D eigenvalue weighted by molar-refractivity contribution is -0.112. The Bertz CT molecular complexity index is 1240. The normalized spacial score (nSPS) is 33.4. The molecule has 0 aromatic rings.